The Morgan fingerprint density at radius 2 is 2.00 bits per heavy atom. The van der Waals surface area contributed by atoms with Crippen molar-refractivity contribution >= 4 is 23.2 Å². The van der Waals surface area contributed by atoms with Crippen molar-refractivity contribution in [2.45, 2.75) is 12.5 Å². The maximum atomic E-state index is 12.4. The standard InChI is InChI=1S/C20H18N2O4S/c23-18(21-15-7-11-25-17-6-2-1-5-14(15)17)13-26-20(24)19-16(8-12-27-19)22-9-3-4-10-22/h1-6,8-10,12,15H,7,11,13H2,(H,21,23). The number of carbonyl (C=O) groups is 2. The van der Waals surface area contributed by atoms with E-state index >= 15 is 0 Å². The fourth-order valence-corrected chi connectivity index (χ4v) is 3.86. The molecule has 0 fully saturated rings. The molecule has 0 bridgehead atoms. The highest BCUT2D eigenvalue weighted by atomic mass is 32.1. The van der Waals surface area contributed by atoms with Gasteiger partial charge in [-0.3, -0.25) is 4.79 Å². The van der Waals surface area contributed by atoms with Gasteiger partial charge in [-0.1, -0.05) is 18.2 Å². The number of thiophene rings is 1. The van der Waals surface area contributed by atoms with Gasteiger partial charge < -0.3 is 19.4 Å². The van der Waals surface area contributed by atoms with E-state index in [0.717, 1.165) is 17.0 Å². The highest BCUT2D eigenvalue weighted by Gasteiger charge is 2.23. The molecule has 3 heterocycles. The zero-order chi connectivity index (χ0) is 18.6. The number of hydrogen-bond acceptors (Lipinski definition) is 5. The summed E-state index contributed by atoms with van der Waals surface area (Å²) in [7, 11) is 0. The number of nitrogens with zero attached hydrogens (tertiary/aromatic N) is 1. The van der Waals surface area contributed by atoms with Gasteiger partial charge in [-0.05, 0) is 29.6 Å². The summed E-state index contributed by atoms with van der Waals surface area (Å²) in [6.45, 7) is 0.221. The lowest BCUT2D eigenvalue weighted by molar-refractivity contribution is -0.125. The van der Waals surface area contributed by atoms with Gasteiger partial charge in [-0.15, -0.1) is 11.3 Å². The number of ether oxygens (including phenoxy) is 2. The third kappa shape index (κ3) is 3.73. The van der Waals surface area contributed by atoms with Crippen LogP contribution in [0, 0.1) is 0 Å². The highest BCUT2D eigenvalue weighted by Crippen LogP contribution is 2.31. The van der Waals surface area contributed by atoms with Crippen molar-refractivity contribution < 1.29 is 19.1 Å². The van der Waals surface area contributed by atoms with E-state index in [1.807, 2.05) is 64.8 Å². The third-order valence-corrected chi connectivity index (χ3v) is 5.22. The summed E-state index contributed by atoms with van der Waals surface area (Å²) in [5.74, 6) is -0.0543. The van der Waals surface area contributed by atoms with Crippen LogP contribution in [0.3, 0.4) is 0 Å². The minimum atomic E-state index is -0.503. The van der Waals surface area contributed by atoms with Crippen LogP contribution in [-0.4, -0.2) is 29.7 Å². The van der Waals surface area contributed by atoms with Crippen molar-refractivity contribution in [3.63, 3.8) is 0 Å². The average Bonchev–Trinajstić information content (AvgIpc) is 3.37. The SMILES string of the molecule is O=C(COC(=O)c1sccc1-n1cccc1)NC1CCOc2ccccc21. The maximum Gasteiger partial charge on any atom is 0.350 e. The number of rotatable bonds is 5. The van der Waals surface area contributed by atoms with Crippen LogP contribution < -0.4 is 10.1 Å². The molecular formula is C20H18N2O4S. The Balaban J connectivity index is 1.37. The van der Waals surface area contributed by atoms with Gasteiger partial charge in [0, 0.05) is 24.4 Å². The van der Waals surface area contributed by atoms with Gasteiger partial charge in [0.25, 0.3) is 5.91 Å². The fraction of sp³-hybridized carbons (Fsp3) is 0.200. The monoisotopic (exact) mass is 382 g/mol. The Hall–Kier alpha value is -3.06. The second kappa shape index (κ2) is 7.67. The highest BCUT2D eigenvalue weighted by molar-refractivity contribution is 7.12. The smallest absolute Gasteiger partial charge is 0.350 e. The predicted octanol–water partition coefficient (Wildman–Crippen LogP) is 3.34. The summed E-state index contributed by atoms with van der Waals surface area (Å²) < 4.78 is 12.7. The first kappa shape index (κ1) is 17.4. The number of carbonyl (C=O) groups excluding carboxylic acids is 2. The quantitative estimate of drug-likeness (QED) is 0.687. The summed E-state index contributed by atoms with van der Waals surface area (Å²) in [5, 5.41) is 4.74. The Morgan fingerprint density at radius 1 is 1.19 bits per heavy atom. The normalized spacial score (nSPS) is 15.5. The Bertz CT molecular complexity index is 949. The van der Waals surface area contributed by atoms with Crippen LogP contribution in [0.5, 0.6) is 5.75 Å². The van der Waals surface area contributed by atoms with Crippen molar-refractivity contribution in [1.29, 1.82) is 0 Å². The number of benzene rings is 1. The van der Waals surface area contributed by atoms with Crippen LogP contribution in [0.25, 0.3) is 5.69 Å². The van der Waals surface area contributed by atoms with Crippen LogP contribution in [0.1, 0.15) is 27.7 Å². The minimum absolute atomic E-state index is 0.140. The fourth-order valence-electron chi connectivity index (χ4n) is 3.08. The lowest BCUT2D eigenvalue weighted by Gasteiger charge is -2.26. The van der Waals surface area contributed by atoms with Crippen LogP contribution in [0.2, 0.25) is 0 Å². The molecule has 1 amide bonds. The average molecular weight is 382 g/mol. The molecule has 0 saturated heterocycles. The van der Waals surface area contributed by atoms with Crippen molar-refractivity contribution in [1.82, 2.24) is 9.88 Å². The molecule has 1 unspecified atom stereocenters. The van der Waals surface area contributed by atoms with Gasteiger partial charge in [-0.25, -0.2) is 4.79 Å². The Morgan fingerprint density at radius 3 is 2.85 bits per heavy atom. The zero-order valence-electron chi connectivity index (χ0n) is 14.5. The van der Waals surface area contributed by atoms with Crippen LogP contribution in [-0.2, 0) is 9.53 Å². The van der Waals surface area contributed by atoms with Gasteiger partial charge in [0.1, 0.15) is 10.6 Å². The first-order valence-electron chi connectivity index (χ1n) is 8.61. The summed E-state index contributed by atoms with van der Waals surface area (Å²) in [6.07, 6.45) is 4.39. The molecule has 6 nitrogen and oxygen atoms in total. The molecule has 2 aromatic heterocycles. The maximum absolute atomic E-state index is 12.4. The van der Waals surface area contributed by atoms with Crippen LogP contribution >= 0.6 is 11.3 Å². The number of fused-ring (bicyclic) bond motifs is 1. The van der Waals surface area contributed by atoms with E-state index in [1.54, 1.807) is 0 Å². The van der Waals surface area contributed by atoms with Gasteiger partial charge in [0.05, 0.1) is 18.3 Å². The summed E-state index contributed by atoms with van der Waals surface area (Å²) in [5.41, 5.74) is 1.69. The number of esters is 1. The molecule has 138 valence electrons. The van der Waals surface area contributed by atoms with Crippen LogP contribution in [0.4, 0.5) is 0 Å². The van der Waals surface area contributed by atoms with Crippen LogP contribution in [0.15, 0.2) is 60.2 Å². The molecule has 7 heteroatoms. The molecule has 1 atom stereocenters. The second-order valence-corrected chi connectivity index (χ2v) is 7.01. The van der Waals surface area contributed by atoms with Crippen molar-refractivity contribution in [2.24, 2.45) is 0 Å². The number of aromatic nitrogens is 1. The first-order chi connectivity index (χ1) is 13.2. The van der Waals surface area contributed by atoms with Gasteiger partial charge in [0.2, 0.25) is 0 Å². The van der Waals surface area contributed by atoms with E-state index in [-0.39, 0.29) is 18.6 Å². The minimum Gasteiger partial charge on any atom is -0.493 e. The van der Waals surface area contributed by atoms with E-state index in [2.05, 4.69) is 5.32 Å². The molecule has 0 saturated carbocycles. The Labute approximate surface area is 160 Å². The molecule has 1 aliphatic heterocycles. The molecule has 4 rings (SSSR count). The summed E-state index contributed by atoms with van der Waals surface area (Å²) >= 11 is 1.29. The molecular weight excluding hydrogens is 364 g/mol. The predicted molar refractivity (Wildman–Crippen MR) is 101 cm³/mol. The number of hydrogen-bond donors (Lipinski definition) is 1. The summed E-state index contributed by atoms with van der Waals surface area (Å²) in [6, 6.07) is 13.1. The third-order valence-electron chi connectivity index (χ3n) is 4.34. The second-order valence-electron chi connectivity index (χ2n) is 6.10. The first-order valence-corrected chi connectivity index (χ1v) is 9.49. The van der Waals surface area contributed by atoms with E-state index in [1.165, 1.54) is 11.3 Å². The van der Waals surface area contributed by atoms with E-state index in [9.17, 15) is 9.59 Å². The molecule has 1 aromatic carbocycles. The zero-order valence-corrected chi connectivity index (χ0v) is 15.3. The topological polar surface area (TPSA) is 69.6 Å². The van der Waals surface area contributed by atoms with Crippen molar-refractivity contribution in [3.05, 3.63) is 70.7 Å². The van der Waals surface area contributed by atoms with Gasteiger partial charge >= 0.3 is 5.97 Å². The molecule has 1 aliphatic rings. The van der Waals surface area contributed by atoms with E-state index in [0.29, 0.717) is 17.9 Å². The molecule has 0 spiro atoms. The Kier molecular flexibility index (Phi) is 4.93. The van der Waals surface area contributed by atoms with Crippen molar-refractivity contribution in [2.75, 3.05) is 13.2 Å². The number of amides is 1. The number of para-hydroxylation sites is 1. The lowest BCUT2D eigenvalue weighted by Crippen LogP contribution is -2.35. The number of nitrogens with one attached hydrogen (secondary N) is 1. The van der Waals surface area contributed by atoms with Crippen molar-refractivity contribution in [3.8, 4) is 11.4 Å². The summed E-state index contributed by atoms with van der Waals surface area (Å²) in [4.78, 5) is 25.1. The molecule has 1 N–H and O–H groups in total. The van der Waals surface area contributed by atoms with E-state index < -0.39 is 5.97 Å². The lowest BCUT2D eigenvalue weighted by atomic mass is 10.0. The molecule has 3 aromatic rings. The molecule has 27 heavy (non-hydrogen) atoms. The van der Waals surface area contributed by atoms with Gasteiger partial charge in [0.15, 0.2) is 6.61 Å². The molecule has 0 aliphatic carbocycles. The largest absolute Gasteiger partial charge is 0.493 e. The van der Waals surface area contributed by atoms with Gasteiger partial charge in [-0.2, -0.15) is 0 Å². The van der Waals surface area contributed by atoms with E-state index in [4.69, 9.17) is 9.47 Å². The molecule has 0 radical (unpaired) electrons.